The number of rotatable bonds is 5. The van der Waals surface area contributed by atoms with E-state index in [2.05, 4.69) is 5.32 Å². The van der Waals surface area contributed by atoms with Gasteiger partial charge in [0.15, 0.2) is 5.57 Å². The van der Waals surface area contributed by atoms with Gasteiger partial charge in [-0.2, -0.15) is 5.26 Å². The number of aliphatic hydroxyl groups is 1. The van der Waals surface area contributed by atoms with E-state index >= 15 is 0 Å². The Morgan fingerprint density at radius 3 is 2.74 bits per heavy atom. The lowest BCUT2D eigenvalue weighted by molar-refractivity contribution is -0.113. The van der Waals surface area contributed by atoms with Crippen molar-refractivity contribution in [1.29, 1.82) is 5.26 Å². The quantitative estimate of drug-likeness (QED) is 0.481. The van der Waals surface area contributed by atoms with Crippen LogP contribution in [0.5, 0.6) is 5.75 Å². The fourth-order valence-corrected chi connectivity index (χ4v) is 1.34. The number of nitrogens with zero attached hydrogens (tertiary/aromatic N) is 1. The normalized spacial score (nSPS) is 11.0. The number of hydrogen-bond acceptors (Lipinski definition) is 5. The third-order valence-corrected chi connectivity index (χ3v) is 2.19. The zero-order chi connectivity index (χ0) is 14.3. The zero-order valence-electron chi connectivity index (χ0n) is 10.6. The molecule has 0 saturated heterocycles. The van der Waals surface area contributed by atoms with Gasteiger partial charge in [0.25, 0.3) is 5.91 Å². The first kappa shape index (κ1) is 14.4. The maximum absolute atomic E-state index is 11.8. The van der Waals surface area contributed by atoms with Crippen LogP contribution in [-0.2, 0) is 9.53 Å². The molecule has 0 fully saturated rings. The predicted octanol–water partition coefficient (Wildman–Crippen LogP) is 1.96. The van der Waals surface area contributed by atoms with Gasteiger partial charge >= 0.3 is 5.95 Å². The van der Waals surface area contributed by atoms with E-state index in [4.69, 9.17) is 14.7 Å². The van der Waals surface area contributed by atoms with Crippen LogP contribution in [0.4, 0.5) is 5.69 Å². The molecule has 0 spiro atoms. The Labute approximate surface area is 110 Å². The van der Waals surface area contributed by atoms with Crippen LogP contribution in [0.25, 0.3) is 0 Å². The molecule has 1 amide bonds. The molecule has 1 rings (SSSR count). The van der Waals surface area contributed by atoms with Crippen molar-refractivity contribution in [3.05, 3.63) is 35.8 Å². The molecule has 1 aromatic carbocycles. The molecule has 0 aliphatic rings. The molecule has 0 aliphatic heterocycles. The second-order valence-corrected chi connectivity index (χ2v) is 3.38. The lowest BCUT2D eigenvalue weighted by Crippen LogP contribution is -2.16. The van der Waals surface area contributed by atoms with E-state index in [0.717, 1.165) is 0 Å². The van der Waals surface area contributed by atoms with Crippen LogP contribution in [0, 0.1) is 11.3 Å². The molecule has 6 heteroatoms. The number of ether oxygens (including phenoxy) is 2. The first-order chi connectivity index (χ1) is 9.13. The van der Waals surface area contributed by atoms with E-state index < -0.39 is 17.4 Å². The van der Waals surface area contributed by atoms with Crippen LogP contribution in [-0.4, -0.2) is 24.7 Å². The van der Waals surface area contributed by atoms with Gasteiger partial charge in [0.2, 0.25) is 0 Å². The Bertz CT molecular complexity index is 532. The van der Waals surface area contributed by atoms with Crippen LogP contribution in [0.1, 0.15) is 6.92 Å². The van der Waals surface area contributed by atoms with Crippen molar-refractivity contribution in [2.75, 3.05) is 19.0 Å². The van der Waals surface area contributed by atoms with Crippen molar-refractivity contribution >= 4 is 11.6 Å². The van der Waals surface area contributed by atoms with E-state index in [-0.39, 0.29) is 6.61 Å². The Morgan fingerprint density at radius 1 is 1.47 bits per heavy atom. The number of benzene rings is 1. The highest BCUT2D eigenvalue weighted by Crippen LogP contribution is 2.23. The maximum atomic E-state index is 11.8. The summed E-state index contributed by atoms with van der Waals surface area (Å²) in [7, 11) is 1.46. The number of methoxy groups -OCH3 is 1. The highest BCUT2D eigenvalue weighted by atomic mass is 16.6. The maximum Gasteiger partial charge on any atom is 0.301 e. The number of aliphatic hydroxyl groups excluding tert-OH is 1. The molecule has 0 saturated carbocycles. The molecule has 0 aromatic heterocycles. The number of carbonyl (C=O) groups is 1. The third-order valence-electron chi connectivity index (χ3n) is 2.19. The molecule has 6 nitrogen and oxygen atoms in total. The fourth-order valence-electron chi connectivity index (χ4n) is 1.34. The molecule has 0 bridgehead atoms. The van der Waals surface area contributed by atoms with Crippen LogP contribution >= 0.6 is 0 Å². The zero-order valence-corrected chi connectivity index (χ0v) is 10.6. The van der Waals surface area contributed by atoms with E-state index in [0.29, 0.717) is 11.4 Å². The van der Waals surface area contributed by atoms with Crippen molar-refractivity contribution in [3.63, 3.8) is 0 Å². The Hall–Kier alpha value is -2.68. The lowest BCUT2D eigenvalue weighted by atomic mass is 10.2. The smallest absolute Gasteiger partial charge is 0.301 e. The van der Waals surface area contributed by atoms with Gasteiger partial charge in [-0.15, -0.1) is 0 Å². The first-order valence-corrected chi connectivity index (χ1v) is 5.54. The summed E-state index contributed by atoms with van der Waals surface area (Å²) < 4.78 is 9.79. The molecule has 0 heterocycles. The molecule has 1 aromatic rings. The molecular weight excluding hydrogens is 248 g/mol. The topological polar surface area (TPSA) is 91.6 Å². The highest BCUT2D eigenvalue weighted by Gasteiger charge is 2.17. The van der Waals surface area contributed by atoms with Gasteiger partial charge in [-0.3, -0.25) is 4.79 Å². The average molecular weight is 262 g/mol. The molecule has 2 N–H and O–H groups in total. The molecule has 0 radical (unpaired) electrons. The van der Waals surface area contributed by atoms with Gasteiger partial charge in [-0.05, 0) is 19.1 Å². The number of hydrogen-bond donors (Lipinski definition) is 2. The van der Waals surface area contributed by atoms with Crippen LogP contribution in [0.2, 0.25) is 0 Å². The van der Waals surface area contributed by atoms with Crippen molar-refractivity contribution in [3.8, 4) is 11.8 Å². The Balaban J connectivity index is 2.96. The lowest BCUT2D eigenvalue weighted by Gasteiger charge is -2.09. The van der Waals surface area contributed by atoms with E-state index in [1.165, 1.54) is 7.11 Å². The summed E-state index contributed by atoms with van der Waals surface area (Å²) >= 11 is 0. The molecule has 100 valence electrons. The summed E-state index contributed by atoms with van der Waals surface area (Å²) in [6, 6.07) is 8.32. The summed E-state index contributed by atoms with van der Waals surface area (Å²) in [5.74, 6) is -1.01. The molecule has 0 aliphatic carbocycles. The molecule has 0 atom stereocenters. The van der Waals surface area contributed by atoms with Gasteiger partial charge in [0, 0.05) is 0 Å². The van der Waals surface area contributed by atoms with Crippen molar-refractivity contribution in [2.24, 2.45) is 0 Å². The molecule has 19 heavy (non-hydrogen) atoms. The summed E-state index contributed by atoms with van der Waals surface area (Å²) in [4.78, 5) is 11.8. The second-order valence-electron chi connectivity index (χ2n) is 3.38. The van der Waals surface area contributed by atoms with Gasteiger partial charge < -0.3 is 19.9 Å². The minimum atomic E-state index is -0.766. The van der Waals surface area contributed by atoms with E-state index in [9.17, 15) is 9.90 Å². The molecule has 0 unspecified atom stereocenters. The van der Waals surface area contributed by atoms with Crippen LogP contribution in [0.3, 0.4) is 0 Å². The number of nitrogens with one attached hydrogen (secondary N) is 1. The standard InChI is InChI=1S/C13H14N2O4/c1-3-19-13(17)9(8-14)12(16)15-10-6-4-5-7-11(10)18-2/h4-7,17H,3H2,1-2H3,(H,15,16). The minimum Gasteiger partial charge on any atom is -0.495 e. The Morgan fingerprint density at radius 2 is 2.16 bits per heavy atom. The van der Waals surface area contributed by atoms with E-state index in [1.54, 1.807) is 37.3 Å². The monoisotopic (exact) mass is 262 g/mol. The van der Waals surface area contributed by atoms with Gasteiger partial charge in [0.1, 0.15) is 11.8 Å². The Kier molecular flexibility index (Phi) is 5.23. The highest BCUT2D eigenvalue weighted by molar-refractivity contribution is 6.07. The predicted molar refractivity (Wildman–Crippen MR) is 68.5 cm³/mol. The van der Waals surface area contributed by atoms with Gasteiger partial charge in [-0.1, -0.05) is 12.1 Å². The number of carbonyl (C=O) groups excluding carboxylic acids is 1. The summed E-state index contributed by atoms with van der Waals surface area (Å²) in [5, 5.41) is 20.8. The van der Waals surface area contributed by atoms with Crippen LogP contribution in [0.15, 0.2) is 35.8 Å². The minimum absolute atomic E-state index is 0.152. The van der Waals surface area contributed by atoms with Crippen molar-refractivity contribution in [2.45, 2.75) is 6.92 Å². The number of amides is 1. The fraction of sp³-hybridized carbons (Fsp3) is 0.231. The SMILES string of the molecule is CCOC(O)=C(C#N)C(=O)Nc1ccccc1OC. The molecular formula is C13H14N2O4. The van der Waals surface area contributed by atoms with E-state index in [1.807, 2.05) is 0 Å². The summed E-state index contributed by atoms with van der Waals surface area (Å²) in [6.07, 6.45) is 0. The third kappa shape index (κ3) is 3.64. The van der Waals surface area contributed by atoms with Gasteiger partial charge in [-0.25, -0.2) is 0 Å². The number of para-hydroxylation sites is 2. The van der Waals surface area contributed by atoms with Crippen LogP contribution < -0.4 is 10.1 Å². The first-order valence-electron chi connectivity index (χ1n) is 5.54. The second kappa shape index (κ2) is 6.91. The van der Waals surface area contributed by atoms with Crippen molar-refractivity contribution < 1.29 is 19.4 Å². The summed E-state index contributed by atoms with van der Waals surface area (Å²) in [6.45, 7) is 1.78. The van der Waals surface area contributed by atoms with Crippen molar-refractivity contribution in [1.82, 2.24) is 0 Å². The number of nitriles is 1. The average Bonchev–Trinajstić information content (AvgIpc) is 2.40. The largest absolute Gasteiger partial charge is 0.495 e. The number of anilines is 1. The van der Waals surface area contributed by atoms with Gasteiger partial charge in [0.05, 0.1) is 19.4 Å². The summed E-state index contributed by atoms with van der Waals surface area (Å²) in [5.41, 5.74) is -0.0974.